The molecule has 0 spiro atoms. The van der Waals surface area contributed by atoms with E-state index in [0.29, 0.717) is 29.9 Å². The number of nitrogens with zero attached hydrogens (tertiary/aromatic N) is 3. The molecule has 0 radical (unpaired) electrons. The fourth-order valence-electron chi connectivity index (χ4n) is 2.74. The van der Waals surface area contributed by atoms with Crippen molar-refractivity contribution in [3.8, 4) is 16.9 Å². The van der Waals surface area contributed by atoms with E-state index in [-0.39, 0.29) is 11.9 Å². The lowest BCUT2D eigenvalue weighted by molar-refractivity contribution is 0.242. The van der Waals surface area contributed by atoms with Crippen LogP contribution in [-0.2, 0) is 6.42 Å². The molecule has 1 aliphatic rings. The largest absolute Gasteiger partial charge is 0.488 e. The van der Waals surface area contributed by atoms with Gasteiger partial charge in [0, 0.05) is 36.5 Å². The molecule has 0 saturated heterocycles. The van der Waals surface area contributed by atoms with Gasteiger partial charge in [-0.2, -0.15) is 5.10 Å². The Morgan fingerprint density at radius 2 is 2.29 bits per heavy atom. The zero-order chi connectivity index (χ0) is 14.4. The Hall–Kier alpha value is -2.47. The molecule has 3 heterocycles. The molecule has 0 saturated carbocycles. The van der Waals surface area contributed by atoms with Gasteiger partial charge in [0.25, 0.3) is 0 Å². The molecule has 2 aromatic heterocycles. The maximum absolute atomic E-state index is 13.9. The summed E-state index contributed by atoms with van der Waals surface area (Å²) < 4.78 is 21.4. The van der Waals surface area contributed by atoms with E-state index in [2.05, 4.69) is 10.1 Å². The molecule has 4 rings (SSSR count). The van der Waals surface area contributed by atoms with Gasteiger partial charge in [-0.25, -0.2) is 13.9 Å². The summed E-state index contributed by atoms with van der Waals surface area (Å²) in [7, 11) is 0. The van der Waals surface area contributed by atoms with E-state index < -0.39 is 0 Å². The van der Waals surface area contributed by atoms with Gasteiger partial charge < -0.3 is 10.5 Å². The van der Waals surface area contributed by atoms with Gasteiger partial charge in [0.2, 0.25) is 0 Å². The van der Waals surface area contributed by atoms with Crippen LogP contribution < -0.4 is 10.5 Å². The van der Waals surface area contributed by atoms with Crippen molar-refractivity contribution in [1.82, 2.24) is 14.6 Å². The molecule has 0 fully saturated rings. The molecule has 1 aromatic carbocycles. The highest BCUT2D eigenvalue weighted by Gasteiger charge is 2.27. The highest BCUT2D eigenvalue weighted by atomic mass is 19.1. The summed E-state index contributed by atoms with van der Waals surface area (Å²) >= 11 is 0. The molecule has 0 bridgehead atoms. The Morgan fingerprint density at radius 1 is 1.38 bits per heavy atom. The molecule has 1 atom stereocenters. The molecular formula is C15H13FN4O. The molecule has 5 nitrogen and oxygen atoms in total. The van der Waals surface area contributed by atoms with Crippen molar-refractivity contribution in [2.24, 2.45) is 5.73 Å². The van der Waals surface area contributed by atoms with Gasteiger partial charge in [-0.05, 0) is 18.2 Å². The molecule has 21 heavy (non-hydrogen) atoms. The summed E-state index contributed by atoms with van der Waals surface area (Å²) in [5.41, 5.74) is 8.61. The van der Waals surface area contributed by atoms with Crippen molar-refractivity contribution in [3.63, 3.8) is 0 Å². The summed E-state index contributed by atoms with van der Waals surface area (Å²) in [5, 5.41) is 4.24. The minimum Gasteiger partial charge on any atom is -0.488 e. The lowest BCUT2D eigenvalue weighted by Gasteiger charge is -2.10. The Balaban J connectivity index is 1.94. The first-order valence-corrected chi connectivity index (χ1v) is 6.74. The van der Waals surface area contributed by atoms with Gasteiger partial charge in [0.15, 0.2) is 5.65 Å². The van der Waals surface area contributed by atoms with E-state index in [4.69, 9.17) is 10.5 Å². The fourth-order valence-corrected chi connectivity index (χ4v) is 2.74. The SMILES string of the molecule is NC[C@H]1Cc2cc(F)cc(-c3cnn4cccnc34)c2O1. The van der Waals surface area contributed by atoms with Crippen molar-refractivity contribution in [1.29, 1.82) is 0 Å². The van der Waals surface area contributed by atoms with E-state index in [0.717, 1.165) is 11.1 Å². The number of rotatable bonds is 2. The monoisotopic (exact) mass is 284 g/mol. The van der Waals surface area contributed by atoms with E-state index in [1.165, 1.54) is 12.1 Å². The summed E-state index contributed by atoms with van der Waals surface area (Å²) in [6.45, 7) is 0.406. The van der Waals surface area contributed by atoms with Crippen LogP contribution in [0.3, 0.4) is 0 Å². The van der Waals surface area contributed by atoms with Gasteiger partial charge >= 0.3 is 0 Å². The highest BCUT2D eigenvalue weighted by molar-refractivity contribution is 5.82. The molecule has 106 valence electrons. The van der Waals surface area contributed by atoms with Crippen LogP contribution in [0, 0.1) is 5.82 Å². The second-order valence-electron chi connectivity index (χ2n) is 5.07. The lowest BCUT2D eigenvalue weighted by atomic mass is 10.0. The van der Waals surface area contributed by atoms with Crippen LogP contribution in [0.25, 0.3) is 16.8 Å². The van der Waals surface area contributed by atoms with E-state index in [9.17, 15) is 4.39 Å². The quantitative estimate of drug-likeness (QED) is 0.779. The molecule has 1 aliphatic heterocycles. The zero-order valence-electron chi connectivity index (χ0n) is 11.2. The number of halogens is 1. The topological polar surface area (TPSA) is 65.4 Å². The fraction of sp³-hybridized carbons (Fsp3) is 0.200. The van der Waals surface area contributed by atoms with Gasteiger partial charge in [-0.15, -0.1) is 0 Å². The Bertz CT molecular complexity index is 830. The number of hydrogen-bond acceptors (Lipinski definition) is 4. The van der Waals surface area contributed by atoms with Crippen molar-refractivity contribution in [3.05, 3.63) is 48.2 Å². The molecule has 0 unspecified atom stereocenters. The first kappa shape index (κ1) is 12.3. The molecule has 0 amide bonds. The Labute approximate surface area is 120 Å². The van der Waals surface area contributed by atoms with Gasteiger partial charge in [-0.1, -0.05) is 0 Å². The summed E-state index contributed by atoms with van der Waals surface area (Å²) in [4.78, 5) is 4.31. The van der Waals surface area contributed by atoms with Gasteiger partial charge in [-0.3, -0.25) is 0 Å². The Kier molecular flexibility index (Phi) is 2.65. The first-order chi connectivity index (χ1) is 10.3. The molecule has 6 heteroatoms. The van der Waals surface area contributed by atoms with E-state index >= 15 is 0 Å². The molecule has 3 aromatic rings. The Morgan fingerprint density at radius 3 is 3.14 bits per heavy atom. The number of fused-ring (bicyclic) bond motifs is 2. The third kappa shape index (κ3) is 1.87. The maximum Gasteiger partial charge on any atom is 0.162 e. The second kappa shape index (κ2) is 4.53. The first-order valence-electron chi connectivity index (χ1n) is 6.74. The maximum atomic E-state index is 13.9. The zero-order valence-corrected chi connectivity index (χ0v) is 11.2. The van der Waals surface area contributed by atoms with Crippen LogP contribution in [0.2, 0.25) is 0 Å². The van der Waals surface area contributed by atoms with Crippen LogP contribution >= 0.6 is 0 Å². The predicted molar refractivity (Wildman–Crippen MR) is 75.6 cm³/mol. The normalized spacial score (nSPS) is 17.0. The third-order valence-electron chi connectivity index (χ3n) is 3.70. The van der Waals surface area contributed by atoms with Gasteiger partial charge in [0.05, 0.1) is 11.8 Å². The van der Waals surface area contributed by atoms with Crippen LogP contribution in [0.4, 0.5) is 4.39 Å². The average molecular weight is 284 g/mol. The minimum atomic E-state index is -0.291. The third-order valence-corrected chi connectivity index (χ3v) is 3.70. The van der Waals surface area contributed by atoms with Crippen LogP contribution in [0.15, 0.2) is 36.8 Å². The minimum absolute atomic E-state index is 0.102. The molecule has 0 aliphatic carbocycles. The van der Waals surface area contributed by atoms with Crippen LogP contribution in [0.1, 0.15) is 5.56 Å². The number of hydrogen-bond donors (Lipinski definition) is 1. The van der Waals surface area contributed by atoms with Crippen LogP contribution in [-0.4, -0.2) is 27.2 Å². The number of ether oxygens (including phenoxy) is 1. The average Bonchev–Trinajstić information content (AvgIpc) is 3.09. The predicted octanol–water partition coefficient (Wildman–Crippen LogP) is 1.80. The number of nitrogens with two attached hydrogens (primary N) is 1. The molecule has 2 N–H and O–H groups in total. The number of benzene rings is 1. The van der Waals surface area contributed by atoms with E-state index in [1.54, 1.807) is 29.2 Å². The summed E-state index contributed by atoms with van der Waals surface area (Å²) in [6.07, 6.45) is 5.69. The van der Waals surface area contributed by atoms with E-state index in [1.807, 2.05) is 0 Å². The van der Waals surface area contributed by atoms with Crippen molar-refractivity contribution in [2.75, 3.05) is 6.54 Å². The van der Waals surface area contributed by atoms with Gasteiger partial charge in [0.1, 0.15) is 17.7 Å². The smallest absolute Gasteiger partial charge is 0.162 e. The second-order valence-corrected chi connectivity index (χ2v) is 5.07. The standard InChI is InChI=1S/C15H13FN4O/c16-10-4-9-5-11(7-17)21-14(9)12(6-10)13-8-19-20-3-1-2-18-15(13)20/h1-4,6,8,11H,5,7,17H2/t11-/m1/s1. The summed E-state index contributed by atoms with van der Waals surface area (Å²) in [5.74, 6) is 0.396. The van der Waals surface area contributed by atoms with Crippen molar-refractivity contribution < 1.29 is 9.13 Å². The van der Waals surface area contributed by atoms with Crippen molar-refractivity contribution >= 4 is 5.65 Å². The van der Waals surface area contributed by atoms with Crippen molar-refractivity contribution in [2.45, 2.75) is 12.5 Å². The van der Waals surface area contributed by atoms with Crippen LogP contribution in [0.5, 0.6) is 5.75 Å². The highest BCUT2D eigenvalue weighted by Crippen LogP contribution is 2.40. The lowest BCUT2D eigenvalue weighted by Crippen LogP contribution is -2.24. The molecular weight excluding hydrogens is 271 g/mol. The summed E-state index contributed by atoms with van der Waals surface area (Å²) in [6, 6.07) is 4.76. The number of aromatic nitrogens is 3.